The maximum absolute atomic E-state index is 11.3. The number of hydrogen-bond acceptors (Lipinski definition) is 5. The summed E-state index contributed by atoms with van der Waals surface area (Å²) < 4.78 is 10.3. The number of benzene rings is 1. The number of nitrogens with one attached hydrogen (secondary N) is 1. The van der Waals surface area contributed by atoms with Crippen LogP contribution >= 0.6 is 0 Å². The molecule has 7 nitrogen and oxygen atoms in total. The Hall–Kier alpha value is -2.28. The van der Waals surface area contributed by atoms with E-state index in [-0.39, 0.29) is 6.61 Å². The lowest BCUT2D eigenvalue weighted by Crippen LogP contribution is -2.31. The Labute approximate surface area is 110 Å². The van der Waals surface area contributed by atoms with Gasteiger partial charge in [0.25, 0.3) is 5.91 Å². The van der Waals surface area contributed by atoms with Crippen molar-refractivity contribution in [3.63, 3.8) is 0 Å². The molecule has 1 rings (SSSR count). The fourth-order valence-corrected chi connectivity index (χ4v) is 1.25. The van der Waals surface area contributed by atoms with Crippen molar-refractivity contribution in [2.45, 2.75) is 6.92 Å². The second-order valence-corrected chi connectivity index (χ2v) is 3.65. The third-order valence-electron chi connectivity index (χ3n) is 2.06. The van der Waals surface area contributed by atoms with Crippen LogP contribution in [0, 0.1) is 6.92 Å². The third kappa shape index (κ3) is 5.26. The summed E-state index contributed by atoms with van der Waals surface area (Å²) in [4.78, 5) is 25.8. The van der Waals surface area contributed by atoms with E-state index in [1.54, 1.807) is 12.1 Å². The Bertz CT molecular complexity index is 460. The molecule has 0 heterocycles. The van der Waals surface area contributed by atoms with E-state index in [1.807, 2.05) is 18.5 Å². The summed E-state index contributed by atoms with van der Waals surface area (Å²) in [6.45, 7) is 0.984. The molecule has 0 unspecified atom stereocenters. The van der Waals surface area contributed by atoms with Gasteiger partial charge in [-0.3, -0.25) is 9.63 Å². The monoisotopic (exact) mass is 269 g/mol. The van der Waals surface area contributed by atoms with Crippen molar-refractivity contribution in [3.8, 4) is 11.5 Å². The Morgan fingerprint density at radius 3 is 2.63 bits per heavy atom. The van der Waals surface area contributed by atoms with Gasteiger partial charge in [0.05, 0.1) is 7.11 Å². The van der Waals surface area contributed by atoms with Gasteiger partial charge in [-0.1, -0.05) is 6.07 Å². The summed E-state index contributed by atoms with van der Waals surface area (Å²) in [5, 5.41) is 8.30. The highest BCUT2D eigenvalue weighted by Gasteiger charge is 2.08. The second kappa shape index (κ2) is 7.22. The summed E-state index contributed by atoms with van der Waals surface area (Å²) in [7, 11) is 1.50. The normalized spacial score (nSPS) is 9.79. The zero-order valence-electron chi connectivity index (χ0n) is 10.6. The van der Waals surface area contributed by atoms with Gasteiger partial charge < -0.3 is 14.6 Å². The van der Waals surface area contributed by atoms with E-state index in [0.717, 1.165) is 5.56 Å². The molecule has 0 saturated carbocycles. The Morgan fingerprint density at radius 2 is 2.00 bits per heavy atom. The predicted molar refractivity (Wildman–Crippen MR) is 65.0 cm³/mol. The van der Waals surface area contributed by atoms with E-state index < -0.39 is 18.5 Å². The molecule has 0 radical (unpaired) electrons. The van der Waals surface area contributed by atoms with E-state index in [9.17, 15) is 9.59 Å². The average Bonchev–Trinajstić information content (AvgIpc) is 2.36. The molecule has 2 N–H and O–H groups in total. The van der Waals surface area contributed by atoms with Crippen LogP contribution in [0.4, 0.5) is 0 Å². The number of methoxy groups -OCH3 is 1. The first kappa shape index (κ1) is 14.8. The number of carboxylic acid groups (broad SMARTS) is 1. The Morgan fingerprint density at radius 1 is 1.26 bits per heavy atom. The van der Waals surface area contributed by atoms with Gasteiger partial charge in [0.2, 0.25) is 0 Å². The highest BCUT2D eigenvalue weighted by atomic mass is 16.7. The molecule has 0 bridgehead atoms. The van der Waals surface area contributed by atoms with Crippen molar-refractivity contribution >= 4 is 11.9 Å². The van der Waals surface area contributed by atoms with Gasteiger partial charge in [-0.15, -0.1) is 0 Å². The summed E-state index contributed by atoms with van der Waals surface area (Å²) in [5.41, 5.74) is 2.95. The number of rotatable bonds is 7. The standard InChI is InChI=1S/C12H15NO6/c1-8-3-4-9(10(5-8)17-2)18-6-11(14)13-19-7-12(15)16/h3-5H,6-7H2,1-2H3,(H,13,14)(H,15,16). The molecule has 0 aliphatic heterocycles. The first-order valence-electron chi connectivity index (χ1n) is 5.42. The fraction of sp³-hybridized carbons (Fsp3) is 0.333. The zero-order valence-corrected chi connectivity index (χ0v) is 10.6. The first-order valence-corrected chi connectivity index (χ1v) is 5.42. The minimum atomic E-state index is -1.18. The smallest absolute Gasteiger partial charge is 0.332 e. The summed E-state index contributed by atoms with van der Waals surface area (Å²) in [5.74, 6) is -0.842. The van der Waals surface area contributed by atoms with E-state index in [1.165, 1.54) is 7.11 Å². The summed E-state index contributed by atoms with van der Waals surface area (Å²) in [6.07, 6.45) is 0. The Kier molecular flexibility index (Phi) is 5.62. The SMILES string of the molecule is COc1cc(C)ccc1OCC(=O)NOCC(=O)O. The maximum atomic E-state index is 11.3. The van der Waals surface area contributed by atoms with E-state index in [4.69, 9.17) is 14.6 Å². The molecule has 0 aliphatic rings. The maximum Gasteiger partial charge on any atom is 0.332 e. The minimum Gasteiger partial charge on any atom is -0.493 e. The molecule has 1 aromatic rings. The highest BCUT2D eigenvalue weighted by Crippen LogP contribution is 2.27. The Balaban J connectivity index is 2.43. The lowest BCUT2D eigenvalue weighted by atomic mass is 10.2. The van der Waals surface area contributed by atoms with Crippen molar-refractivity contribution in [3.05, 3.63) is 23.8 Å². The molecule has 0 aliphatic carbocycles. The van der Waals surface area contributed by atoms with Crippen LogP contribution in [0.2, 0.25) is 0 Å². The number of aryl methyl sites for hydroxylation is 1. The van der Waals surface area contributed by atoms with Crippen molar-refractivity contribution in [2.24, 2.45) is 0 Å². The number of hydrogen-bond donors (Lipinski definition) is 2. The molecule has 104 valence electrons. The fourth-order valence-electron chi connectivity index (χ4n) is 1.25. The average molecular weight is 269 g/mol. The van der Waals surface area contributed by atoms with Gasteiger partial charge in [-0.05, 0) is 24.6 Å². The molecule has 7 heteroatoms. The minimum absolute atomic E-state index is 0.307. The van der Waals surface area contributed by atoms with E-state index in [2.05, 4.69) is 4.84 Å². The summed E-state index contributed by atoms with van der Waals surface area (Å²) in [6, 6.07) is 5.27. The topological polar surface area (TPSA) is 94.1 Å². The zero-order chi connectivity index (χ0) is 14.3. The largest absolute Gasteiger partial charge is 0.493 e. The van der Waals surface area contributed by atoms with Gasteiger partial charge in [-0.25, -0.2) is 10.3 Å². The number of carbonyl (C=O) groups excluding carboxylic acids is 1. The highest BCUT2D eigenvalue weighted by molar-refractivity contribution is 5.77. The molecule has 1 amide bonds. The molecule has 0 aromatic heterocycles. The van der Waals surface area contributed by atoms with E-state index in [0.29, 0.717) is 11.5 Å². The van der Waals surface area contributed by atoms with Crippen molar-refractivity contribution in [2.75, 3.05) is 20.3 Å². The summed E-state index contributed by atoms with van der Waals surface area (Å²) >= 11 is 0. The molecule has 0 atom stereocenters. The molecule has 1 aromatic carbocycles. The van der Waals surface area contributed by atoms with Gasteiger partial charge in [0.1, 0.15) is 0 Å². The molecule has 19 heavy (non-hydrogen) atoms. The molecular weight excluding hydrogens is 254 g/mol. The second-order valence-electron chi connectivity index (χ2n) is 3.65. The van der Waals surface area contributed by atoms with Crippen LogP contribution in [-0.4, -0.2) is 37.3 Å². The van der Waals surface area contributed by atoms with Crippen LogP contribution in [-0.2, 0) is 14.4 Å². The van der Waals surface area contributed by atoms with Crippen molar-refractivity contribution in [1.29, 1.82) is 0 Å². The van der Waals surface area contributed by atoms with Gasteiger partial charge >= 0.3 is 5.97 Å². The molecule has 0 fully saturated rings. The first-order chi connectivity index (χ1) is 9.02. The predicted octanol–water partition coefficient (Wildman–Crippen LogP) is 0.515. The molecule has 0 saturated heterocycles. The number of carboxylic acids is 1. The van der Waals surface area contributed by atoms with Crippen LogP contribution in [0.1, 0.15) is 5.56 Å². The molecule has 0 spiro atoms. The van der Waals surface area contributed by atoms with Gasteiger partial charge in [0, 0.05) is 0 Å². The number of aliphatic carboxylic acids is 1. The van der Waals surface area contributed by atoms with Crippen LogP contribution in [0.3, 0.4) is 0 Å². The number of carbonyl (C=O) groups is 2. The lowest BCUT2D eigenvalue weighted by molar-refractivity contribution is -0.149. The van der Waals surface area contributed by atoms with Crippen LogP contribution in [0.5, 0.6) is 11.5 Å². The van der Waals surface area contributed by atoms with E-state index >= 15 is 0 Å². The molecular formula is C12H15NO6. The third-order valence-corrected chi connectivity index (χ3v) is 2.06. The number of amides is 1. The van der Waals surface area contributed by atoms with Crippen LogP contribution < -0.4 is 15.0 Å². The van der Waals surface area contributed by atoms with Crippen LogP contribution in [0.15, 0.2) is 18.2 Å². The number of ether oxygens (including phenoxy) is 2. The van der Waals surface area contributed by atoms with Crippen LogP contribution in [0.25, 0.3) is 0 Å². The van der Waals surface area contributed by atoms with Gasteiger partial charge in [0.15, 0.2) is 24.7 Å². The van der Waals surface area contributed by atoms with Crippen molar-refractivity contribution < 1.29 is 29.0 Å². The number of hydroxylamine groups is 1. The lowest BCUT2D eigenvalue weighted by Gasteiger charge is -2.11. The van der Waals surface area contributed by atoms with Gasteiger partial charge in [-0.2, -0.15) is 0 Å². The quantitative estimate of drug-likeness (QED) is 0.701. The van der Waals surface area contributed by atoms with Crippen molar-refractivity contribution in [1.82, 2.24) is 5.48 Å².